The van der Waals surface area contributed by atoms with Crippen LogP contribution in [0.4, 0.5) is 0 Å². The Bertz CT molecular complexity index is 396. The molecule has 0 saturated heterocycles. The maximum absolute atomic E-state index is 10.9. The lowest BCUT2D eigenvalue weighted by Gasteiger charge is -2.14. The average Bonchev–Trinajstić information content (AvgIpc) is 2.14. The Hall–Kier alpha value is -0.550. The third kappa shape index (κ3) is 2.99. The summed E-state index contributed by atoms with van der Waals surface area (Å²) < 4.78 is 2.43. The zero-order valence-electron chi connectivity index (χ0n) is 8.32. The van der Waals surface area contributed by atoms with E-state index in [0.717, 1.165) is 12.2 Å². The van der Waals surface area contributed by atoms with E-state index in [4.69, 9.17) is 12.2 Å². The Labute approximate surface area is 92.5 Å². The molecule has 0 spiro atoms. The van der Waals surface area contributed by atoms with Crippen molar-refractivity contribution in [3.8, 4) is 0 Å². The molecular formula is C9H14N2OS2. The van der Waals surface area contributed by atoms with Crippen LogP contribution in [-0.4, -0.2) is 21.6 Å². The van der Waals surface area contributed by atoms with E-state index in [2.05, 4.69) is 18.2 Å². The first-order chi connectivity index (χ1) is 6.65. The second-order valence-corrected chi connectivity index (χ2v) is 4.52. The van der Waals surface area contributed by atoms with Gasteiger partial charge in [-0.05, 0) is 37.6 Å². The molecule has 14 heavy (non-hydrogen) atoms. The fourth-order valence-corrected chi connectivity index (χ4v) is 2.12. The van der Waals surface area contributed by atoms with Crippen LogP contribution in [0.5, 0.6) is 0 Å². The topological polar surface area (TPSA) is 37.8 Å². The number of rotatable bonds is 4. The number of aromatic nitrogens is 2. The van der Waals surface area contributed by atoms with Gasteiger partial charge in [-0.15, -0.1) is 0 Å². The highest BCUT2D eigenvalue weighted by atomic mass is 32.2. The van der Waals surface area contributed by atoms with Gasteiger partial charge in [0.15, 0.2) is 4.77 Å². The largest absolute Gasteiger partial charge is 0.322 e. The highest BCUT2D eigenvalue weighted by Gasteiger charge is 2.03. The molecule has 1 rings (SSSR count). The lowest BCUT2D eigenvalue weighted by molar-refractivity contribution is 0.516. The molecule has 1 heterocycles. The van der Waals surface area contributed by atoms with Crippen molar-refractivity contribution < 1.29 is 0 Å². The van der Waals surface area contributed by atoms with Crippen molar-refractivity contribution in [3.63, 3.8) is 0 Å². The molecule has 1 aromatic rings. The Morgan fingerprint density at radius 3 is 3.00 bits per heavy atom. The van der Waals surface area contributed by atoms with Crippen LogP contribution in [-0.2, 0) is 0 Å². The van der Waals surface area contributed by atoms with E-state index in [9.17, 15) is 4.79 Å². The highest BCUT2D eigenvalue weighted by molar-refractivity contribution is 7.98. The summed E-state index contributed by atoms with van der Waals surface area (Å²) in [4.78, 5) is 13.6. The fraction of sp³-hybridized carbons (Fsp3) is 0.556. The Balaban J connectivity index is 2.85. The second kappa shape index (κ2) is 5.36. The molecule has 1 unspecified atom stereocenters. The molecule has 0 fully saturated rings. The van der Waals surface area contributed by atoms with E-state index in [-0.39, 0.29) is 5.56 Å². The van der Waals surface area contributed by atoms with Crippen molar-refractivity contribution in [2.24, 2.45) is 0 Å². The van der Waals surface area contributed by atoms with Gasteiger partial charge in [-0.1, -0.05) is 0 Å². The molecule has 1 aromatic heterocycles. The molecule has 78 valence electrons. The van der Waals surface area contributed by atoms with Crippen molar-refractivity contribution in [1.82, 2.24) is 9.55 Å². The number of nitrogens with one attached hydrogen (secondary N) is 1. The number of aromatic amines is 1. The van der Waals surface area contributed by atoms with Gasteiger partial charge in [-0.3, -0.25) is 9.78 Å². The molecule has 0 aliphatic heterocycles. The van der Waals surface area contributed by atoms with E-state index in [1.165, 1.54) is 6.07 Å². The third-order valence-electron chi connectivity index (χ3n) is 2.07. The van der Waals surface area contributed by atoms with Gasteiger partial charge in [0.05, 0.1) is 0 Å². The molecular weight excluding hydrogens is 216 g/mol. The molecule has 0 saturated carbocycles. The van der Waals surface area contributed by atoms with Gasteiger partial charge in [0.2, 0.25) is 0 Å². The van der Waals surface area contributed by atoms with Crippen LogP contribution in [0.3, 0.4) is 0 Å². The van der Waals surface area contributed by atoms with Gasteiger partial charge in [0.25, 0.3) is 5.56 Å². The van der Waals surface area contributed by atoms with Crippen LogP contribution in [0.15, 0.2) is 17.1 Å². The van der Waals surface area contributed by atoms with Crippen molar-refractivity contribution in [1.29, 1.82) is 0 Å². The minimum absolute atomic E-state index is 0.136. The first kappa shape index (κ1) is 11.5. The van der Waals surface area contributed by atoms with Gasteiger partial charge in [-0.2, -0.15) is 11.8 Å². The summed E-state index contributed by atoms with van der Waals surface area (Å²) >= 11 is 6.88. The Kier molecular flexibility index (Phi) is 4.41. The molecule has 0 bridgehead atoms. The summed E-state index contributed by atoms with van der Waals surface area (Å²) in [7, 11) is 0. The second-order valence-electron chi connectivity index (χ2n) is 3.15. The van der Waals surface area contributed by atoms with Crippen LogP contribution >= 0.6 is 24.0 Å². The number of hydrogen-bond donors (Lipinski definition) is 1. The normalized spacial score (nSPS) is 12.7. The van der Waals surface area contributed by atoms with E-state index in [1.54, 1.807) is 6.20 Å². The molecule has 0 amide bonds. The lowest BCUT2D eigenvalue weighted by Crippen LogP contribution is -2.14. The van der Waals surface area contributed by atoms with E-state index in [0.29, 0.717) is 10.8 Å². The van der Waals surface area contributed by atoms with E-state index in [1.807, 2.05) is 16.3 Å². The fourth-order valence-electron chi connectivity index (χ4n) is 1.20. The number of thioether (sulfide) groups is 1. The molecule has 5 heteroatoms. The summed E-state index contributed by atoms with van der Waals surface area (Å²) in [6.45, 7) is 2.10. The summed E-state index contributed by atoms with van der Waals surface area (Å²) in [6, 6.07) is 1.84. The van der Waals surface area contributed by atoms with Crippen molar-refractivity contribution in [2.75, 3.05) is 12.0 Å². The molecule has 1 N–H and O–H groups in total. The van der Waals surface area contributed by atoms with Gasteiger partial charge in [-0.25, -0.2) is 0 Å². The summed E-state index contributed by atoms with van der Waals surface area (Å²) in [5.74, 6) is 1.10. The molecule has 3 nitrogen and oxygen atoms in total. The molecule has 0 aliphatic carbocycles. The number of hydrogen-bond acceptors (Lipinski definition) is 3. The van der Waals surface area contributed by atoms with E-state index >= 15 is 0 Å². The summed E-state index contributed by atoms with van der Waals surface area (Å²) in [6.07, 6.45) is 4.90. The predicted molar refractivity (Wildman–Crippen MR) is 63.6 cm³/mol. The highest BCUT2D eigenvalue weighted by Crippen LogP contribution is 2.12. The third-order valence-corrected chi connectivity index (χ3v) is 3.02. The minimum Gasteiger partial charge on any atom is -0.322 e. The van der Waals surface area contributed by atoms with E-state index < -0.39 is 0 Å². The lowest BCUT2D eigenvalue weighted by atomic mass is 10.2. The van der Waals surface area contributed by atoms with Crippen LogP contribution < -0.4 is 5.56 Å². The molecule has 0 aromatic carbocycles. The number of nitrogens with zero attached hydrogens (tertiary/aromatic N) is 1. The zero-order valence-corrected chi connectivity index (χ0v) is 9.95. The standard InChI is InChI=1S/C9H14N2OS2/c1-7(4-6-14-2)11-5-3-8(12)10-9(11)13/h3,5,7H,4,6H2,1-2H3,(H,10,12,13). The van der Waals surface area contributed by atoms with Crippen LogP contribution in [0.2, 0.25) is 0 Å². The van der Waals surface area contributed by atoms with Gasteiger partial charge >= 0.3 is 0 Å². The quantitative estimate of drug-likeness (QED) is 0.806. The van der Waals surface area contributed by atoms with Crippen molar-refractivity contribution in [2.45, 2.75) is 19.4 Å². The summed E-state index contributed by atoms with van der Waals surface area (Å²) in [5.41, 5.74) is -0.136. The van der Waals surface area contributed by atoms with Crippen LogP contribution in [0.25, 0.3) is 0 Å². The smallest absolute Gasteiger partial charge is 0.251 e. The SMILES string of the molecule is CSCCC(C)n1ccc(=O)[nH]c1=S. The molecule has 0 radical (unpaired) electrons. The van der Waals surface area contributed by atoms with Crippen molar-refractivity contribution >= 4 is 24.0 Å². The minimum atomic E-state index is -0.136. The average molecular weight is 230 g/mol. The van der Waals surface area contributed by atoms with Gasteiger partial charge < -0.3 is 4.57 Å². The maximum Gasteiger partial charge on any atom is 0.251 e. The van der Waals surface area contributed by atoms with Crippen LogP contribution in [0, 0.1) is 4.77 Å². The van der Waals surface area contributed by atoms with Gasteiger partial charge in [0.1, 0.15) is 0 Å². The number of H-pyrrole nitrogens is 1. The van der Waals surface area contributed by atoms with Crippen LogP contribution in [0.1, 0.15) is 19.4 Å². The first-order valence-corrected chi connectivity index (χ1v) is 6.25. The molecule has 0 aliphatic rings. The molecule has 1 atom stereocenters. The predicted octanol–water partition coefficient (Wildman–Crippen LogP) is 2.22. The zero-order chi connectivity index (χ0) is 10.6. The monoisotopic (exact) mass is 230 g/mol. The Morgan fingerprint density at radius 2 is 2.43 bits per heavy atom. The maximum atomic E-state index is 10.9. The summed E-state index contributed by atoms with van der Waals surface area (Å²) in [5, 5.41) is 0. The Morgan fingerprint density at radius 1 is 1.71 bits per heavy atom. The first-order valence-electron chi connectivity index (χ1n) is 4.45. The van der Waals surface area contributed by atoms with Gasteiger partial charge in [0, 0.05) is 18.3 Å². The van der Waals surface area contributed by atoms with Crippen molar-refractivity contribution in [3.05, 3.63) is 27.4 Å².